The zero-order valence-corrected chi connectivity index (χ0v) is 28.8. The molecular formula is C32H33Cl2N5O5S2. The van der Waals surface area contributed by atoms with Crippen LogP contribution in [0.15, 0.2) is 90.2 Å². The second-order valence-electron chi connectivity index (χ2n) is 11.5. The molecule has 0 saturated heterocycles. The number of sulfone groups is 1. The smallest absolute Gasteiger partial charge is 0.243 e. The van der Waals surface area contributed by atoms with E-state index in [4.69, 9.17) is 27.9 Å². The second kappa shape index (κ2) is 13.2. The molecule has 0 unspecified atom stereocenters. The number of aromatic nitrogens is 3. The van der Waals surface area contributed by atoms with Gasteiger partial charge in [-0.15, -0.1) is 0 Å². The van der Waals surface area contributed by atoms with Gasteiger partial charge in [-0.25, -0.2) is 26.8 Å². The molecule has 0 atom stereocenters. The normalized spacial score (nSPS) is 12.5. The highest BCUT2D eigenvalue weighted by Gasteiger charge is 2.37. The number of hydrogen-bond acceptors (Lipinski definition) is 8. The molecule has 5 aromatic rings. The molecular weight excluding hydrogens is 669 g/mol. The predicted octanol–water partition coefficient (Wildman–Crippen LogP) is 7.10. The standard InChI is InChI=1S/C32H33Cl2N5O5S2/c1-22-8-11-26(12-9-22)46(42,43)39(20-32(2,3)45(4,40)41)17-16-38-15-14-28-30(38)31(36-21-35-28)37-24-10-13-29(27(34)19-24)44-25-7-5-6-23(33)18-25/h5-15,18-19,21H,16-17,20H2,1-4H3,(H,35,36,37). The summed E-state index contributed by atoms with van der Waals surface area (Å²) < 4.78 is 60.5. The van der Waals surface area contributed by atoms with Gasteiger partial charge in [-0.1, -0.05) is 47.0 Å². The van der Waals surface area contributed by atoms with Crippen molar-refractivity contribution in [3.8, 4) is 11.5 Å². The van der Waals surface area contributed by atoms with Crippen LogP contribution in [0.2, 0.25) is 10.0 Å². The van der Waals surface area contributed by atoms with E-state index in [1.807, 2.05) is 11.5 Å². The van der Waals surface area contributed by atoms with Gasteiger partial charge in [0.2, 0.25) is 10.0 Å². The molecule has 0 amide bonds. The minimum atomic E-state index is -4.04. The lowest BCUT2D eigenvalue weighted by Crippen LogP contribution is -2.47. The Labute approximate surface area is 278 Å². The quantitative estimate of drug-likeness (QED) is 0.146. The number of hydrogen-bond donors (Lipinski definition) is 1. The fraction of sp³-hybridized carbons (Fsp3) is 0.250. The molecule has 10 nitrogen and oxygen atoms in total. The summed E-state index contributed by atoms with van der Waals surface area (Å²) in [7, 11) is -7.63. The molecule has 0 spiro atoms. The first-order valence-electron chi connectivity index (χ1n) is 14.2. The van der Waals surface area contributed by atoms with E-state index in [-0.39, 0.29) is 24.5 Å². The molecule has 0 fully saturated rings. The van der Waals surface area contributed by atoms with Gasteiger partial charge < -0.3 is 14.6 Å². The first kappa shape index (κ1) is 33.7. The SMILES string of the molecule is Cc1ccc(S(=O)(=O)N(CCn2ccc3ncnc(Nc4ccc(Oc5cccc(Cl)c5)c(Cl)c4)c32)CC(C)(C)S(C)(=O)=O)cc1. The van der Waals surface area contributed by atoms with Crippen molar-refractivity contribution in [3.63, 3.8) is 0 Å². The van der Waals surface area contributed by atoms with Crippen LogP contribution in [0, 0.1) is 6.92 Å². The minimum Gasteiger partial charge on any atom is -0.456 e. The largest absolute Gasteiger partial charge is 0.456 e. The Balaban J connectivity index is 1.42. The Hall–Kier alpha value is -3.68. The third-order valence-electron chi connectivity index (χ3n) is 7.58. The number of anilines is 2. The Bertz CT molecular complexity index is 2100. The number of aryl methyl sites for hydroxylation is 1. The third-order valence-corrected chi connectivity index (χ3v) is 12.1. The summed E-state index contributed by atoms with van der Waals surface area (Å²) in [5.74, 6) is 1.46. The summed E-state index contributed by atoms with van der Waals surface area (Å²) in [5, 5.41) is 4.17. The highest BCUT2D eigenvalue weighted by molar-refractivity contribution is 7.92. The number of fused-ring (bicyclic) bond motifs is 1. The molecule has 3 aromatic carbocycles. The van der Waals surface area contributed by atoms with Crippen LogP contribution in [0.5, 0.6) is 11.5 Å². The van der Waals surface area contributed by atoms with Crippen molar-refractivity contribution in [1.82, 2.24) is 18.8 Å². The van der Waals surface area contributed by atoms with E-state index >= 15 is 0 Å². The number of sulfonamides is 1. The van der Waals surface area contributed by atoms with E-state index in [1.165, 1.54) is 36.6 Å². The van der Waals surface area contributed by atoms with Gasteiger partial charge in [0.25, 0.3) is 0 Å². The number of rotatable bonds is 12. The van der Waals surface area contributed by atoms with Crippen molar-refractivity contribution in [2.24, 2.45) is 0 Å². The first-order chi connectivity index (χ1) is 21.6. The average molecular weight is 703 g/mol. The van der Waals surface area contributed by atoms with E-state index in [9.17, 15) is 16.8 Å². The van der Waals surface area contributed by atoms with Crippen LogP contribution in [-0.4, -0.2) is 59.8 Å². The van der Waals surface area contributed by atoms with Crippen LogP contribution < -0.4 is 10.1 Å². The number of nitrogens with one attached hydrogen (secondary N) is 1. The lowest BCUT2D eigenvalue weighted by molar-refractivity contribution is 0.361. The van der Waals surface area contributed by atoms with Crippen molar-refractivity contribution >= 4 is 65.6 Å². The predicted molar refractivity (Wildman–Crippen MR) is 183 cm³/mol. The first-order valence-corrected chi connectivity index (χ1v) is 18.3. The molecule has 46 heavy (non-hydrogen) atoms. The van der Waals surface area contributed by atoms with Gasteiger partial charge in [0.05, 0.1) is 20.2 Å². The van der Waals surface area contributed by atoms with Crippen LogP contribution in [0.1, 0.15) is 19.4 Å². The van der Waals surface area contributed by atoms with Crippen LogP contribution in [-0.2, 0) is 26.4 Å². The van der Waals surface area contributed by atoms with Gasteiger partial charge in [0.1, 0.15) is 23.3 Å². The van der Waals surface area contributed by atoms with E-state index < -0.39 is 24.6 Å². The lowest BCUT2D eigenvalue weighted by atomic mass is 10.2. The van der Waals surface area contributed by atoms with Gasteiger partial charge in [0, 0.05) is 42.8 Å². The highest BCUT2D eigenvalue weighted by Crippen LogP contribution is 2.34. The molecule has 242 valence electrons. The molecule has 14 heteroatoms. The van der Waals surface area contributed by atoms with Gasteiger partial charge in [-0.3, -0.25) is 0 Å². The fourth-order valence-corrected chi connectivity index (χ4v) is 7.14. The van der Waals surface area contributed by atoms with Crippen molar-refractivity contribution in [1.29, 1.82) is 0 Å². The summed E-state index contributed by atoms with van der Waals surface area (Å²) in [6.07, 6.45) is 4.33. The summed E-state index contributed by atoms with van der Waals surface area (Å²) in [5.41, 5.74) is 2.81. The monoisotopic (exact) mass is 701 g/mol. The maximum absolute atomic E-state index is 13.8. The van der Waals surface area contributed by atoms with E-state index in [1.54, 1.807) is 66.9 Å². The van der Waals surface area contributed by atoms with E-state index in [2.05, 4.69) is 15.3 Å². The third kappa shape index (κ3) is 7.48. The molecule has 0 bridgehead atoms. The summed E-state index contributed by atoms with van der Waals surface area (Å²) in [6.45, 7) is 4.88. The molecule has 2 aromatic heterocycles. The van der Waals surface area contributed by atoms with Crippen molar-refractivity contribution < 1.29 is 21.6 Å². The highest BCUT2D eigenvalue weighted by atomic mass is 35.5. The van der Waals surface area contributed by atoms with E-state index in [0.717, 1.165) is 11.8 Å². The molecule has 0 aliphatic heterocycles. The molecule has 2 heterocycles. The van der Waals surface area contributed by atoms with Crippen LogP contribution in [0.4, 0.5) is 11.5 Å². The Morgan fingerprint density at radius 1 is 0.957 bits per heavy atom. The Morgan fingerprint density at radius 2 is 1.70 bits per heavy atom. The van der Waals surface area contributed by atoms with Crippen molar-refractivity contribution in [2.75, 3.05) is 24.7 Å². The Kier molecular flexibility index (Phi) is 9.67. The summed E-state index contributed by atoms with van der Waals surface area (Å²) in [4.78, 5) is 8.91. The number of halogens is 2. The van der Waals surface area contributed by atoms with Crippen molar-refractivity contribution in [3.05, 3.63) is 101 Å². The maximum atomic E-state index is 13.8. The maximum Gasteiger partial charge on any atom is 0.243 e. The molecule has 1 N–H and O–H groups in total. The van der Waals surface area contributed by atoms with Crippen molar-refractivity contribution in [2.45, 2.75) is 37.0 Å². The zero-order valence-electron chi connectivity index (χ0n) is 25.6. The average Bonchev–Trinajstić information content (AvgIpc) is 3.40. The number of ether oxygens (including phenoxy) is 1. The van der Waals surface area contributed by atoms with Crippen LogP contribution >= 0.6 is 23.2 Å². The van der Waals surface area contributed by atoms with Crippen LogP contribution in [0.3, 0.4) is 0 Å². The second-order valence-corrected chi connectivity index (χ2v) is 16.9. The van der Waals surface area contributed by atoms with E-state index in [0.29, 0.717) is 44.1 Å². The van der Waals surface area contributed by atoms with Gasteiger partial charge in [-0.05, 0) is 75.4 Å². The van der Waals surface area contributed by atoms with Gasteiger partial charge in [-0.2, -0.15) is 4.31 Å². The van der Waals surface area contributed by atoms with Crippen LogP contribution in [0.25, 0.3) is 11.0 Å². The van der Waals surface area contributed by atoms with Gasteiger partial charge >= 0.3 is 0 Å². The minimum absolute atomic E-state index is 0.00532. The number of nitrogens with zero attached hydrogens (tertiary/aromatic N) is 4. The molecule has 0 saturated carbocycles. The molecule has 0 radical (unpaired) electrons. The summed E-state index contributed by atoms with van der Waals surface area (Å²) >= 11 is 12.6. The fourth-order valence-electron chi connectivity index (χ4n) is 4.67. The topological polar surface area (TPSA) is 123 Å². The molecule has 5 rings (SSSR count). The number of benzene rings is 3. The Morgan fingerprint density at radius 3 is 2.37 bits per heavy atom. The zero-order chi connectivity index (χ0) is 33.3. The molecule has 0 aliphatic rings. The summed E-state index contributed by atoms with van der Waals surface area (Å²) in [6, 6.07) is 20.5. The molecule has 0 aliphatic carbocycles. The lowest BCUT2D eigenvalue weighted by Gasteiger charge is -2.31. The van der Waals surface area contributed by atoms with Gasteiger partial charge in [0.15, 0.2) is 15.7 Å².